The molecule has 120 valence electrons. The molecule has 2 aliphatic rings. The average molecular weight is 314 g/mol. The number of morpholine rings is 1. The van der Waals surface area contributed by atoms with Crippen LogP contribution in [0.15, 0.2) is 24.3 Å². The molecule has 0 atom stereocenters. The lowest BCUT2D eigenvalue weighted by atomic mass is 9.90. The number of nitrogens with one attached hydrogen (secondary N) is 1. The van der Waals surface area contributed by atoms with Crippen LogP contribution in [0.1, 0.15) is 18.4 Å². The van der Waals surface area contributed by atoms with Gasteiger partial charge in [-0.25, -0.2) is 0 Å². The van der Waals surface area contributed by atoms with Gasteiger partial charge in [0, 0.05) is 5.69 Å². The van der Waals surface area contributed by atoms with E-state index in [1.807, 2.05) is 0 Å². The molecule has 1 aromatic carbocycles. The summed E-state index contributed by atoms with van der Waals surface area (Å²) in [6, 6.07) is 4.90. The van der Waals surface area contributed by atoms with E-state index in [4.69, 9.17) is 4.74 Å². The number of piperidine rings is 1. The summed E-state index contributed by atoms with van der Waals surface area (Å²) in [5, 5.41) is 3.22. The zero-order valence-corrected chi connectivity index (χ0v) is 11.9. The molecule has 1 aromatic rings. The molecule has 4 nitrogen and oxygen atoms in total. The number of ether oxygens (including phenoxy) is 1. The first-order chi connectivity index (χ1) is 10.4. The first-order valence-electron chi connectivity index (χ1n) is 7.22. The fourth-order valence-corrected chi connectivity index (χ4v) is 2.98. The van der Waals surface area contributed by atoms with E-state index >= 15 is 0 Å². The minimum Gasteiger partial charge on any atom is -0.363 e. The molecule has 0 unspecified atom stereocenters. The van der Waals surface area contributed by atoms with Crippen molar-refractivity contribution in [1.29, 1.82) is 0 Å². The Morgan fingerprint density at radius 1 is 1.23 bits per heavy atom. The molecule has 0 bridgehead atoms. The molecule has 2 saturated heterocycles. The topological polar surface area (TPSA) is 41.6 Å². The molecule has 1 amide bonds. The lowest BCUT2D eigenvalue weighted by Gasteiger charge is -2.44. The smallest absolute Gasteiger partial charge is 0.363 e. The highest BCUT2D eigenvalue weighted by Gasteiger charge is 2.41. The highest BCUT2D eigenvalue weighted by Crippen LogP contribution is 2.34. The van der Waals surface area contributed by atoms with Gasteiger partial charge in [-0.2, -0.15) is 13.2 Å². The van der Waals surface area contributed by atoms with Crippen molar-refractivity contribution in [2.75, 3.05) is 31.1 Å². The molecule has 1 N–H and O–H groups in total. The molecule has 0 saturated carbocycles. The van der Waals surface area contributed by atoms with Crippen molar-refractivity contribution in [2.45, 2.75) is 24.6 Å². The van der Waals surface area contributed by atoms with Crippen LogP contribution in [0.5, 0.6) is 0 Å². The summed E-state index contributed by atoms with van der Waals surface area (Å²) in [6.07, 6.45) is -2.93. The maximum absolute atomic E-state index is 12.8. The van der Waals surface area contributed by atoms with E-state index in [1.54, 1.807) is 0 Å². The molecule has 1 spiro atoms. The van der Waals surface area contributed by atoms with E-state index in [-0.39, 0.29) is 18.2 Å². The molecule has 7 heteroatoms. The van der Waals surface area contributed by atoms with Gasteiger partial charge in [0.2, 0.25) is 0 Å². The van der Waals surface area contributed by atoms with E-state index in [0.717, 1.165) is 38.1 Å². The Morgan fingerprint density at radius 2 is 1.95 bits per heavy atom. The van der Waals surface area contributed by atoms with Gasteiger partial charge in [-0.05, 0) is 44.1 Å². The predicted octanol–water partition coefficient (Wildman–Crippen LogP) is 2.19. The highest BCUT2D eigenvalue weighted by atomic mass is 19.4. The predicted molar refractivity (Wildman–Crippen MR) is 74.6 cm³/mol. The number of benzene rings is 1. The Kier molecular flexibility index (Phi) is 3.86. The Bertz CT molecular complexity index is 568. The molecular formula is C15H17F3N2O2. The maximum atomic E-state index is 12.8. The number of anilines is 1. The highest BCUT2D eigenvalue weighted by molar-refractivity contribution is 5.95. The zero-order valence-electron chi connectivity index (χ0n) is 11.9. The summed E-state index contributed by atoms with van der Waals surface area (Å²) in [6.45, 7) is 1.78. The molecular weight excluding hydrogens is 297 g/mol. The van der Waals surface area contributed by atoms with Crippen LogP contribution < -0.4 is 10.2 Å². The third kappa shape index (κ3) is 2.96. The van der Waals surface area contributed by atoms with Crippen molar-refractivity contribution in [3.8, 4) is 0 Å². The third-order valence-electron chi connectivity index (χ3n) is 4.25. The summed E-state index contributed by atoms with van der Waals surface area (Å²) in [5.74, 6) is -0.302. The van der Waals surface area contributed by atoms with Crippen LogP contribution in [0, 0.1) is 0 Å². The first kappa shape index (κ1) is 15.3. The molecule has 2 fully saturated rings. The molecule has 2 aliphatic heterocycles. The van der Waals surface area contributed by atoms with Gasteiger partial charge in [0.05, 0.1) is 17.7 Å². The molecule has 0 radical (unpaired) electrons. The summed E-state index contributed by atoms with van der Waals surface area (Å²) < 4.78 is 44.2. The van der Waals surface area contributed by atoms with Crippen LogP contribution in [0.4, 0.5) is 18.9 Å². The van der Waals surface area contributed by atoms with E-state index < -0.39 is 17.3 Å². The van der Waals surface area contributed by atoms with Crippen molar-refractivity contribution in [1.82, 2.24) is 5.32 Å². The molecule has 22 heavy (non-hydrogen) atoms. The second-order valence-electron chi connectivity index (χ2n) is 5.75. The van der Waals surface area contributed by atoms with Crippen LogP contribution in [0.3, 0.4) is 0 Å². The Balaban J connectivity index is 1.87. The van der Waals surface area contributed by atoms with Crippen LogP contribution >= 0.6 is 0 Å². The standard InChI is InChI=1S/C15H17F3N2O2/c16-15(17,18)11-2-1-3-12(8-11)20-10-14(22-9-13(20)21)4-6-19-7-5-14/h1-3,8,19H,4-7,9-10H2. The lowest BCUT2D eigenvalue weighted by Crippen LogP contribution is -2.58. The Hall–Kier alpha value is -1.60. The summed E-state index contributed by atoms with van der Waals surface area (Å²) >= 11 is 0. The lowest BCUT2D eigenvalue weighted by molar-refractivity contribution is -0.142. The number of nitrogens with zero attached hydrogens (tertiary/aromatic N) is 1. The van der Waals surface area contributed by atoms with Gasteiger partial charge in [0.25, 0.3) is 5.91 Å². The van der Waals surface area contributed by atoms with E-state index in [0.29, 0.717) is 6.54 Å². The SMILES string of the molecule is O=C1COC2(CCNCC2)CN1c1cccc(C(F)(F)F)c1. The van der Waals surface area contributed by atoms with E-state index in [1.165, 1.54) is 17.0 Å². The minimum atomic E-state index is -4.42. The maximum Gasteiger partial charge on any atom is 0.416 e. The third-order valence-corrected chi connectivity index (χ3v) is 4.25. The second-order valence-corrected chi connectivity index (χ2v) is 5.75. The van der Waals surface area contributed by atoms with Crippen molar-refractivity contribution in [3.63, 3.8) is 0 Å². The number of halogens is 3. The largest absolute Gasteiger partial charge is 0.416 e. The molecule has 0 aliphatic carbocycles. The van der Waals surface area contributed by atoms with Crippen molar-refractivity contribution in [2.24, 2.45) is 0 Å². The molecule has 3 rings (SSSR count). The van der Waals surface area contributed by atoms with Gasteiger partial charge in [-0.3, -0.25) is 4.79 Å². The minimum absolute atomic E-state index is 0.0871. The Labute approximate surface area is 126 Å². The van der Waals surface area contributed by atoms with E-state index in [2.05, 4.69) is 5.32 Å². The van der Waals surface area contributed by atoms with Crippen molar-refractivity contribution >= 4 is 11.6 Å². The second kappa shape index (κ2) is 5.55. The Morgan fingerprint density at radius 3 is 2.64 bits per heavy atom. The van der Waals surface area contributed by atoms with Crippen LogP contribution in [0.2, 0.25) is 0 Å². The van der Waals surface area contributed by atoms with Gasteiger partial charge < -0.3 is 15.0 Å². The average Bonchev–Trinajstić information content (AvgIpc) is 2.50. The van der Waals surface area contributed by atoms with Gasteiger partial charge in [0.15, 0.2) is 0 Å². The molecule has 2 heterocycles. The van der Waals surface area contributed by atoms with Gasteiger partial charge in [-0.1, -0.05) is 6.07 Å². The summed E-state index contributed by atoms with van der Waals surface area (Å²) in [5.41, 5.74) is -0.919. The number of amides is 1. The normalized spacial score (nSPS) is 22.1. The number of hydrogen-bond donors (Lipinski definition) is 1. The van der Waals surface area contributed by atoms with Crippen molar-refractivity contribution in [3.05, 3.63) is 29.8 Å². The summed E-state index contributed by atoms with van der Waals surface area (Å²) in [4.78, 5) is 13.5. The first-order valence-corrected chi connectivity index (χ1v) is 7.22. The quantitative estimate of drug-likeness (QED) is 0.864. The fourth-order valence-electron chi connectivity index (χ4n) is 2.98. The van der Waals surface area contributed by atoms with Gasteiger partial charge >= 0.3 is 6.18 Å². The number of carbonyl (C=O) groups is 1. The fraction of sp³-hybridized carbons (Fsp3) is 0.533. The summed E-state index contributed by atoms with van der Waals surface area (Å²) in [7, 11) is 0. The van der Waals surface area contributed by atoms with Gasteiger partial charge in [0.1, 0.15) is 6.61 Å². The number of rotatable bonds is 1. The van der Waals surface area contributed by atoms with E-state index in [9.17, 15) is 18.0 Å². The number of hydrogen-bond acceptors (Lipinski definition) is 3. The zero-order chi connectivity index (χ0) is 15.8. The number of alkyl halides is 3. The van der Waals surface area contributed by atoms with Crippen molar-refractivity contribution < 1.29 is 22.7 Å². The monoisotopic (exact) mass is 314 g/mol. The van der Waals surface area contributed by atoms with Crippen LogP contribution in [-0.4, -0.2) is 37.7 Å². The van der Waals surface area contributed by atoms with Crippen LogP contribution in [-0.2, 0) is 15.7 Å². The van der Waals surface area contributed by atoms with Crippen LogP contribution in [0.25, 0.3) is 0 Å². The molecule has 0 aromatic heterocycles. The number of carbonyl (C=O) groups excluding carboxylic acids is 1. The van der Waals surface area contributed by atoms with Gasteiger partial charge in [-0.15, -0.1) is 0 Å².